The summed E-state index contributed by atoms with van der Waals surface area (Å²) in [6.45, 7) is 3.19. The molecule has 1 aliphatic rings. The van der Waals surface area contributed by atoms with Crippen LogP contribution in [0.15, 0.2) is 18.3 Å². The molecule has 2 unspecified atom stereocenters. The molecule has 1 fully saturated rings. The van der Waals surface area contributed by atoms with Crippen LogP contribution >= 0.6 is 0 Å². The van der Waals surface area contributed by atoms with Gasteiger partial charge in [0.2, 0.25) is 11.8 Å². The molecule has 3 heterocycles. The zero-order valence-corrected chi connectivity index (χ0v) is 14.9. The maximum Gasteiger partial charge on any atom is 0.217 e. The summed E-state index contributed by atoms with van der Waals surface area (Å²) in [4.78, 5) is 21.6. The Morgan fingerprint density at radius 2 is 2.31 bits per heavy atom. The molecule has 7 nitrogen and oxygen atoms in total. The van der Waals surface area contributed by atoms with Gasteiger partial charge in [-0.05, 0) is 18.9 Å². The van der Waals surface area contributed by atoms with E-state index in [1.54, 1.807) is 12.1 Å². The number of nitrogens with zero attached hydrogens (tertiary/aromatic N) is 3. The second-order valence-electron chi connectivity index (χ2n) is 6.52. The summed E-state index contributed by atoms with van der Waals surface area (Å²) in [5.41, 5.74) is 1.61. The summed E-state index contributed by atoms with van der Waals surface area (Å²) < 4.78 is 19.5. The van der Waals surface area contributed by atoms with Gasteiger partial charge >= 0.3 is 0 Å². The van der Waals surface area contributed by atoms with Crippen molar-refractivity contribution in [1.29, 1.82) is 0 Å². The van der Waals surface area contributed by atoms with E-state index < -0.39 is 11.9 Å². The maximum atomic E-state index is 14.3. The van der Waals surface area contributed by atoms with Crippen LogP contribution in [0.4, 0.5) is 4.39 Å². The van der Waals surface area contributed by atoms with E-state index in [0.29, 0.717) is 48.4 Å². The Morgan fingerprint density at radius 1 is 1.50 bits per heavy atom. The van der Waals surface area contributed by atoms with Crippen LogP contribution < -0.4 is 10.1 Å². The van der Waals surface area contributed by atoms with Crippen LogP contribution in [0.25, 0.3) is 11.0 Å². The number of fused-ring (bicyclic) bond motifs is 1. The van der Waals surface area contributed by atoms with Gasteiger partial charge in [0.1, 0.15) is 5.82 Å². The highest BCUT2D eigenvalue weighted by molar-refractivity contribution is 5.78. The monoisotopic (exact) mass is 362 g/mol. The zero-order chi connectivity index (χ0) is 18.7. The Bertz CT molecular complexity index is 801. The molecular weight excluding hydrogens is 339 g/mol. The lowest BCUT2D eigenvalue weighted by molar-refractivity contribution is -0.121. The summed E-state index contributed by atoms with van der Waals surface area (Å²) in [6.07, 6.45) is 1.68. The SMILES string of the molecule is COc1ccc2ncc(F)c(CCN3CCC(NC(C)=O)C(O)C3)c2n1. The van der Waals surface area contributed by atoms with Crippen LogP contribution in [0.5, 0.6) is 5.88 Å². The first-order valence-electron chi connectivity index (χ1n) is 8.63. The van der Waals surface area contributed by atoms with Crippen LogP contribution in [0.2, 0.25) is 0 Å². The molecule has 0 radical (unpaired) electrons. The van der Waals surface area contributed by atoms with Crippen molar-refractivity contribution >= 4 is 16.9 Å². The van der Waals surface area contributed by atoms with Gasteiger partial charge in [-0.3, -0.25) is 9.78 Å². The van der Waals surface area contributed by atoms with E-state index >= 15 is 0 Å². The minimum absolute atomic E-state index is 0.146. The van der Waals surface area contributed by atoms with E-state index in [-0.39, 0.29) is 11.9 Å². The van der Waals surface area contributed by atoms with Gasteiger partial charge in [-0.1, -0.05) is 0 Å². The summed E-state index contributed by atoms with van der Waals surface area (Å²) in [5, 5.41) is 13.0. The molecule has 2 N–H and O–H groups in total. The number of methoxy groups -OCH3 is 1. The lowest BCUT2D eigenvalue weighted by atomic mass is 10.0. The lowest BCUT2D eigenvalue weighted by Gasteiger charge is -2.36. The number of aliphatic hydroxyl groups is 1. The highest BCUT2D eigenvalue weighted by Gasteiger charge is 2.28. The van der Waals surface area contributed by atoms with Crippen LogP contribution in [-0.4, -0.2) is 64.8 Å². The molecule has 1 amide bonds. The van der Waals surface area contributed by atoms with E-state index in [9.17, 15) is 14.3 Å². The summed E-state index contributed by atoms with van der Waals surface area (Å²) >= 11 is 0. The molecule has 0 aliphatic carbocycles. The smallest absolute Gasteiger partial charge is 0.217 e. The molecule has 0 saturated carbocycles. The summed E-state index contributed by atoms with van der Waals surface area (Å²) in [7, 11) is 1.52. The predicted molar refractivity (Wildman–Crippen MR) is 94.4 cm³/mol. The highest BCUT2D eigenvalue weighted by atomic mass is 19.1. The number of amides is 1. The number of likely N-dealkylation sites (tertiary alicyclic amines) is 1. The van der Waals surface area contributed by atoms with Gasteiger partial charge in [0.25, 0.3) is 0 Å². The van der Waals surface area contributed by atoms with Crippen molar-refractivity contribution in [3.05, 3.63) is 29.7 Å². The number of piperidine rings is 1. The topological polar surface area (TPSA) is 87.6 Å². The van der Waals surface area contributed by atoms with Crippen LogP contribution in [0, 0.1) is 5.82 Å². The van der Waals surface area contributed by atoms with Crippen molar-refractivity contribution in [2.45, 2.75) is 31.9 Å². The second kappa shape index (κ2) is 7.92. The van der Waals surface area contributed by atoms with Crippen molar-refractivity contribution in [2.75, 3.05) is 26.7 Å². The maximum absolute atomic E-state index is 14.3. The Balaban J connectivity index is 1.70. The highest BCUT2D eigenvalue weighted by Crippen LogP contribution is 2.22. The first kappa shape index (κ1) is 18.5. The Kier molecular flexibility index (Phi) is 5.63. The van der Waals surface area contributed by atoms with Crippen LogP contribution in [0.3, 0.4) is 0 Å². The third-order valence-corrected chi connectivity index (χ3v) is 4.68. The average molecular weight is 362 g/mol. The van der Waals surface area contributed by atoms with E-state index in [1.165, 1.54) is 20.2 Å². The molecular formula is C18H23FN4O3. The molecule has 2 aromatic rings. The number of rotatable bonds is 5. The third-order valence-electron chi connectivity index (χ3n) is 4.68. The zero-order valence-electron chi connectivity index (χ0n) is 14.9. The Labute approximate surface area is 151 Å². The minimum atomic E-state index is -0.634. The average Bonchev–Trinajstić information content (AvgIpc) is 2.62. The van der Waals surface area contributed by atoms with E-state index in [0.717, 1.165) is 6.54 Å². The molecule has 2 atom stereocenters. The Hall–Kier alpha value is -2.32. The Morgan fingerprint density at radius 3 is 3.00 bits per heavy atom. The quantitative estimate of drug-likeness (QED) is 0.821. The lowest BCUT2D eigenvalue weighted by Crippen LogP contribution is -2.53. The van der Waals surface area contributed by atoms with E-state index in [2.05, 4.69) is 20.2 Å². The third kappa shape index (κ3) is 4.08. The standard InChI is InChI=1S/C18H23FN4O3/c1-11(24)21-14-6-8-23(10-16(14)25)7-5-12-13(19)9-20-15-3-4-17(26-2)22-18(12)15/h3-4,9,14,16,25H,5-8,10H2,1-2H3,(H,21,24). The van der Waals surface area contributed by atoms with Gasteiger partial charge in [0, 0.05) is 38.2 Å². The minimum Gasteiger partial charge on any atom is -0.481 e. The van der Waals surface area contributed by atoms with Crippen molar-refractivity contribution in [3.8, 4) is 5.88 Å². The number of nitrogens with one attached hydrogen (secondary N) is 1. The number of carbonyl (C=O) groups excluding carboxylic acids is 1. The molecule has 1 aliphatic heterocycles. The number of aromatic nitrogens is 2. The molecule has 8 heteroatoms. The molecule has 26 heavy (non-hydrogen) atoms. The molecule has 0 aromatic carbocycles. The fourth-order valence-electron chi connectivity index (χ4n) is 3.33. The number of hydrogen-bond acceptors (Lipinski definition) is 6. The van der Waals surface area contributed by atoms with E-state index in [4.69, 9.17) is 4.74 Å². The van der Waals surface area contributed by atoms with Crippen LogP contribution in [0.1, 0.15) is 18.9 Å². The fourth-order valence-corrected chi connectivity index (χ4v) is 3.33. The first-order valence-corrected chi connectivity index (χ1v) is 8.63. The van der Waals surface area contributed by atoms with Gasteiger partial charge in [-0.2, -0.15) is 0 Å². The van der Waals surface area contributed by atoms with Gasteiger partial charge in [0.15, 0.2) is 0 Å². The van der Waals surface area contributed by atoms with Crippen LogP contribution in [-0.2, 0) is 11.2 Å². The number of aliphatic hydroxyl groups excluding tert-OH is 1. The van der Waals surface area contributed by atoms with E-state index in [1.807, 2.05) is 0 Å². The second-order valence-corrected chi connectivity index (χ2v) is 6.52. The number of carbonyl (C=O) groups is 1. The molecule has 140 valence electrons. The predicted octanol–water partition coefficient (Wildman–Crippen LogP) is 0.891. The molecule has 3 rings (SSSR count). The van der Waals surface area contributed by atoms with Crippen molar-refractivity contribution < 1.29 is 19.0 Å². The van der Waals surface area contributed by atoms with Crippen molar-refractivity contribution in [2.24, 2.45) is 0 Å². The largest absolute Gasteiger partial charge is 0.481 e. The molecule has 2 aromatic heterocycles. The van der Waals surface area contributed by atoms with Gasteiger partial charge in [0.05, 0.1) is 36.5 Å². The van der Waals surface area contributed by atoms with Gasteiger partial charge < -0.3 is 20.1 Å². The number of β-amino-alcohol motifs (C(OH)–C–C–N with tert-alkyl or cyclic N) is 1. The molecule has 1 saturated heterocycles. The van der Waals surface area contributed by atoms with Crippen molar-refractivity contribution in [1.82, 2.24) is 20.2 Å². The summed E-state index contributed by atoms with van der Waals surface area (Å²) in [5.74, 6) is -0.127. The number of pyridine rings is 2. The number of ether oxygens (including phenoxy) is 1. The molecule has 0 spiro atoms. The summed E-state index contributed by atoms with van der Waals surface area (Å²) in [6, 6.07) is 3.22. The normalized spacial score (nSPS) is 20.9. The number of halogens is 1. The van der Waals surface area contributed by atoms with Gasteiger partial charge in [-0.25, -0.2) is 9.37 Å². The van der Waals surface area contributed by atoms with Crippen molar-refractivity contribution in [3.63, 3.8) is 0 Å². The van der Waals surface area contributed by atoms with Gasteiger partial charge in [-0.15, -0.1) is 0 Å². The number of hydrogen-bond donors (Lipinski definition) is 2. The fraction of sp³-hybridized carbons (Fsp3) is 0.500. The first-order chi connectivity index (χ1) is 12.5. The molecule has 0 bridgehead atoms.